The lowest BCUT2D eigenvalue weighted by molar-refractivity contribution is -0.136. The lowest BCUT2D eigenvalue weighted by Gasteiger charge is -2.37. The summed E-state index contributed by atoms with van der Waals surface area (Å²) < 4.78 is 37.7. The molecule has 0 atom stereocenters. The largest absolute Gasteiger partial charge is 0.481 e. The second-order valence-corrected chi connectivity index (χ2v) is 8.76. The van der Waals surface area contributed by atoms with Crippen molar-refractivity contribution in [1.29, 1.82) is 0 Å². The van der Waals surface area contributed by atoms with Gasteiger partial charge in [-0.05, 0) is 80.6 Å². The lowest BCUT2D eigenvalue weighted by Crippen LogP contribution is -2.25. The van der Waals surface area contributed by atoms with Crippen molar-refractivity contribution in [3.05, 3.63) is 47.5 Å². The molecule has 0 aromatic heterocycles. The van der Waals surface area contributed by atoms with Gasteiger partial charge in [-0.15, -0.1) is 0 Å². The minimum Gasteiger partial charge on any atom is -0.481 e. The summed E-state index contributed by atoms with van der Waals surface area (Å²) in [7, 11) is 0. The molecule has 2 fully saturated rings. The van der Waals surface area contributed by atoms with Gasteiger partial charge in [0.25, 0.3) is 5.78 Å². The fraction of sp³-hybridized carbons (Fsp3) is 0.583. The molecule has 30 heavy (non-hydrogen) atoms. The third-order valence-electron chi connectivity index (χ3n) is 6.86. The van der Waals surface area contributed by atoms with E-state index < -0.39 is 17.9 Å². The highest BCUT2D eigenvalue weighted by atomic mass is 19.4. The summed E-state index contributed by atoms with van der Waals surface area (Å²) in [5.74, 6) is -0.302. The van der Waals surface area contributed by atoms with Crippen molar-refractivity contribution < 1.29 is 27.9 Å². The number of carboxylic acids is 1. The minimum atomic E-state index is -4.83. The first-order valence-electron chi connectivity index (χ1n) is 10.8. The molecular formula is C24H29F3O3. The molecule has 3 rings (SSSR count). The number of aliphatic carboxylic acids is 1. The van der Waals surface area contributed by atoms with Crippen LogP contribution in [0.15, 0.2) is 36.4 Å². The number of carbonyl (C=O) groups is 2. The number of hydrogen-bond donors (Lipinski definition) is 1. The number of rotatable bonds is 6. The molecule has 1 aromatic carbocycles. The van der Waals surface area contributed by atoms with Crippen molar-refractivity contribution >= 4 is 11.8 Å². The molecule has 0 radical (unpaired) electrons. The third kappa shape index (κ3) is 5.96. The van der Waals surface area contributed by atoms with Gasteiger partial charge in [-0.3, -0.25) is 9.59 Å². The van der Waals surface area contributed by atoms with E-state index >= 15 is 0 Å². The first kappa shape index (κ1) is 22.6. The normalized spacial score (nSPS) is 27.8. The highest BCUT2D eigenvalue weighted by Gasteiger charge is 2.39. The van der Waals surface area contributed by atoms with E-state index in [2.05, 4.69) is 6.08 Å². The predicted molar refractivity (Wildman–Crippen MR) is 108 cm³/mol. The van der Waals surface area contributed by atoms with Gasteiger partial charge in [0, 0.05) is 5.56 Å². The summed E-state index contributed by atoms with van der Waals surface area (Å²) in [6.07, 6.45) is 8.06. The first-order chi connectivity index (χ1) is 14.2. The van der Waals surface area contributed by atoms with Crippen LogP contribution in [-0.4, -0.2) is 23.0 Å². The van der Waals surface area contributed by atoms with Gasteiger partial charge in [-0.1, -0.05) is 36.4 Å². The van der Waals surface area contributed by atoms with Crippen LogP contribution in [0.2, 0.25) is 0 Å². The van der Waals surface area contributed by atoms with Crippen LogP contribution in [-0.2, 0) is 4.79 Å². The summed E-state index contributed by atoms with van der Waals surface area (Å²) in [6.45, 7) is 0. The number of Topliss-reactive ketones (excluding diaryl/α,β-unsaturated/α-hetero) is 1. The average Bonchev–Trinajstić information content (AvgIpc) is 2.73. The Morgan fingerprint density at radius 3 is 1.93 bits per heavy atom. The fourth-order valence-electron chi connectivity index (χ4n) is 5.16. The van der Waals surface area contributed by atoms with Gasteiger partial charge in [0.15, 0.2) is 0 Å². The zero-order chi connectivity index (χ0) is 21.7. The monoisotopic (exact) mass is 422 g/mol. The van der Waals surface area contributed by atoms with E-state index in [0.29, 0.717) is 17.8 Å². The number of allylic oxidation sites excluding steroid dienone is 1. The maximum Gasteiger partial charge on any atom is 0.454 e. The molecule has 6 heteroatoms. The molecule has 0 spiro atoms. The topological polar surface area (TPSA) is 54.4 Å². The zero-order valence-corrected chi connectivity index (χ0v) is 17.0. The molecule has 0 bridgehead atoms. The van der Waals surface area contributed by atoms with E-state index in [9.17, 15) is 22.8 Å². The molecule has 0 amide bonds. The van der Waals surface area contributed by atoms with E-state index in [4.69, 9.17) is 5.11 Å². The second-order valence-electron chi connectivity index (χ2n) is 8.76. The van der Waals surface area contributed by atoms with Gasteiger partial charge in [-0.2, -0.15) is 13.2 Å². The van der Waals surface area contributed by atoms with Gasteiger partial charge in [-0.25, -0.2) is 0 Å². The molecule has 0 saturated heterocycles. The summed E-state index contributed by atoms with van der Waals surface area (Å²) in [4.78, 5) is 21.9. The van der Waals surface area contributed by atoms with Gasteiger partial charge >= 0.3 is 12.1 Å². The van der Waals surface area contributed by atoms with E-state index in [1.54, 1.807) is 18.2 Å². The molecule has 0 aliphatic heterocycles. The summed E-state index contributed by atoms with van der Waals surface area (Å²) in [5.41, 5.74) is 0.730. The number of hydrogen-bond acceptors (Lipinski definition) is 2. The Labute approximate surface area is 175 Å². The van der Waals surface area contributed by atoms with Crippen LogP contribution in [0.5, 0.6) is 0 Å². The second kappa shape index (κ2) is 9.80. The SMILES string of the molecule is O=C(O)CC=CC1CCC(C2CCC(c3ccc(C(=O)C(F)(F)F)cc3)CC2)CC1. The van der Waals surface area contributed by atoms with Crippen molar-refractivity contribution in [2.75, 3.05) is 0 Å². The Bertz CT molecular complexity index is 751. The summed E-state index contributed by atoms with van der Waals surface area (Å²) in [6, 6.07) is 5.96. The van der Waals surface area contributed by atoms with E-state index in [1.165, 1.54) is 25.0 Å². The van der Waals surface area contributed by atoms with Gasteiger partial charge in [0.05, 0.1) is 6.42 Å². The zero-order valence-electron chi connectivity index (χ0n) is 17.0. The Kier molecular flexibility index (Phi) is 7.37. The van der Waals surface area contributed by atoms with Gasteiger partial charge in [0.1, 0.15) is 0 Å². The molecular weight excluding hydrogens is 393 g/mol. The molecule has 0 heterocycles. The van der Waals surface area contributed by atoms with Gasteiger partial charge < -0.3 is 5.11 Å². The molecule has 0 unspecified atom stereocenters. The van der Waals surface area contributed by atoms with Crippen molar-refractivity contribution in [2.24, 2.45) is 17.8 Å². The number of alkyl halides is 3. The standard InChI is InChI=1S/C24H29F3O3/c25-24(26,27)23(30)21-14-12-20(13-15-21)19-10-8-18(9-11-19)17-6-4-16(5-7-17)2-1-3-22(28)29/h1-2,12-19H,3-11H2,(H,28,29). The lowest BCUT2D eigenvalue weighted by atomic mass is 9.68. The summed E-state index contributed by atoms with van der Waals surface area (Å²) in [5, 5.41) is 8.72. The molecule has 2 saturated carbocycles. The molecule has 164 valence electrons. The third-order valence-corrected chi connectivity index (χ3v) is 6.86. The van der Waals surface area contributed by atoms with Crippen molar-refractivity contribution in [2.45, 2.75) is 69.9 Å². The fourth-order valence-corrected chi connectivity index (χ4v) is 5.16. The van der Waals surface area contributed by atoms with Crippen molar-refractivity contribution in [1.82, 2.24) is 0 Å². The van der Waals surface area contributed by atoms with Crippen molar-refractivity contribution in [3.63, 3.8) is 0 Å². The minimum absolute atomic E-state index is 0.0925. The number of carboxylic acid groups (broad SMARTS) is 1. The van der Waals surface area contributed by atoms with Crippen LogP contribution in [0.25, 0.3) is 0 Å². The maximum atomic E-state index is 12.6. The van der Waals surface area contributed by atoms with Crippen LogP contribution >= 0.6 is 0 Å². The highest BCUT2D eigenvalue weighted by Crippen LogP contribution is 2.44. The summed E-state index contributed by atoms with van der Waals surface area (Å²) >= 11 is 0. The molecule has 2 aliphatic rings. The predicted octanol–water partition coefficient (Wildman–Crippen LogP) is 6.54. The molecule has 3 nitrogen and oxygen atoms in total. The number of ketones is 1. The average molecular weight is 422 g/mol. The van der Waals surface area contributed by atoms with Crippen LogP contribution in [0.4, 0.5) is 13.2 Å². The molecule has 1 N–H and O–H groups in total. The first-order valence-corrected chi connectivity index (χ1v) is 10.8. The van der Waals surface area contributed by atoms with E-state index in [-0.39, 0.29) is 12.0 Å². The van der Waals surface area contributed by atoms with Crippen LogP contribution in [0, 0.1) is 17.8 Å². The number of halogens is 3. The molecule has 1 aromatic rings. The quantitative estimate of drug-likeness (QED) is 0.418. The van der Waals surface area contributed by atoms with E-state index in [0.717, 1.165) is 50.0 Å². The molecule has 2 aliphatic carbocycles. The smallest absolute Gasteiger partial charge is 0.454 e. The van der Waals surface area contributed by atoms with E-state index in [1.807, 2.05) is 0 Å². The number of benzene rings is 1. The maximum absolute atomic E-state index is 12.6. The Balaban J connectivity index is 1.46. The Hall–Kier alpha value is -2.11. The van der Waals surface area contributed by atoms with Crippen LogP contribution < -0.4 is 0 Å². The van der Waals surface area contributed by atoms with Crippen LogP contribution in [0.1, 0.15) is 79.6 Å². The Morgan fingerprint density at radius 2 is 1.43 bits per heavy atom. The van der Waals surface area contributed by atoms with Gasteiger partial charge in [0.2, 0.25) is 0 Å². The Morgan fingerprint density at radius 1 is 0.900 bits per heavy atom. The number of carbonyl (C=O) groups excluding carboxylic acids is 1. The highest BCUT2D eigenvalue weighted by molar-refractivity contribution is 6.00. The van der Waals surface area contributed by atoms with Crippen LogP contribution in [0.3, 0.4) is 0 Å². The van der Waals surface area contributed by atoms with Crippen molar-refractivity contribution in [3.8, 4) is 0 Å².